The fourth-order valence-electron chi connectivity index (χ4n) is 4.55. The molecule has 0 saturated carbocycles. The molecule has 0 amide bonds. The molecule has 0 saturated heterocycles. The number of ketones is 1. The highest BCUT2D eigenvalue weighted by Crippen LogP contribution is 2.41. The number of carbonyl (C=O) groups excluding carboxylic acids is 1. The molecule has 1 unspecified atom stereocenters. The third kappa shape index (κ3) is 5.26. The molecule has 0 bridgehead atoms. The Balaban J connectivity index is 1.41. The van der Waals surface area contributed by atoms with E-state index in [1.54, 1.807) is 0 Å². The second-order valence-corrected chi connectivity index (χ2v) is 10.2. The van der Waals surface area contributed by atoms with Crippen LogP contribution in [0.4, 0.5) is 5.95 Å². The molecule has 0 spiro atoms. The standard InChI is InChI=1S/C27H29ClN4O2S/c1-2-3-6-16-34-20-14-12-18(13-15-20)25-24-22(10-7-11-23(24)33)29-26-30-27(31-32(25)26)35-17-19-8-4-5-9-21(19)28/h4-5,8-9,12-15,25H,2-3,6-7,10-11,16-17H2,1H3,(H,29,30,31). The van der Waals surface area contributed by atoms with Crippen LogP contribution < -0.4 is 10.1 Å². The van der Waals surface area contributed by atoms with Gasteiger partial charge in [-0.05, 0) is 48.6 Å². The Hall–Kier alpha value is -2.77. The van der Waals surface area contributed by atoms with E-state index in [9.17, 15) is 4.79 Å². The quantitative estimate of drug-likeness (QED) is 0.253. The van der Waals surface area contributed by atoms with Gasteiger partial charge in [0.15, 0.2) is 5.78 Å². The minimum atomic E-state index is -0.301. The Labute approximate surface area is 215 Å². The first kappa shape index (κ1) is 23.9. The molecule has 35 heavy (non-hydrogen) atoms. The van der Waals surface area contributed by atoms with Gasteiger partial charge in [0.2, 0.25) is 11.1 Å². The van der Waals surface area contributed by atoms with Crippen LogP contribution >= 0.6 is 23.4 Å². The van der Waals surface area contributed by atoms with Gasteiger partial charge in [-0.25, -0.2) is 4.68 Å². The number of anilines is 1. The summed E-state index contributed by atoms with van der Waals surface area (Å²) in [4.78, 5) is 17.8. The van der Waals surface area contributed by atoms with E-state index >= 15 is 0 Å². The first-order valence-electron chi connectivity index (χ1n) is 12.2. The third-order valence-electron chi connectivity index (χ3n) is 6.38. The lowest BCUT2D eigenvalue weighted by atomic mass is 9.85. The fraction of sp³-hybridized carbons (Fsp3) is 0.370. The number of hydrogen-bond acceptors (Lipinski definition) is 6. The Morgan fingerprint density at radius 3 is 2.77 bits per heavy atom. The third-order valence-corrected chi connectivity index (χ3v) is 7.63. The van der Waals surface area contributed by atoms with E-state index in [0.717, 1.165) is 58.9 Å². The number of hydrogen-bond donors (Lipinski definition) is 1. The van der Waals surface area contributed by atoms with Crippen molar-refractivity contribution >= 4 is 35.1 Å². The number of rotatable bonds is 9. The van der Waals surface area contributed by atoms with E-state index in [0.29, 0.717) is 29.9 Å². The number of aromatic nitrogens is 3. The van der Waals surface area contributed by atoms with Crippen LogP contribution in [0.2, 0.25) is 5.02 Å². The van der Waals surface area contributed by atoms with Crippen LogP contribution in [0.15, 0.2) is 65.0 Å². The lowest BCUT2D eigenvalue weighted by Gasteiger charge is -2.32. The van der Waals surface area contributed by atoms with Crippen molar-refractivity contribution < 1.29 is 9.53 Å². The zero-order chi connectivity index (χ0) is 24.2. The molecule has 3 aromatic rings. The molecule has 1 aromatic heterocycles. The van der Waals surface area contributed by atoms with Crippen LogP contribution in [0, 0.1) is 0 Å². The van der Waals surface area contributed by atoms with Crippen LogP contribution in [-0.4, -0.2) is 27.2 Å². The number of benzene rings is 2. The molecule has 5 rings (SSSR count). The number of allylic oxidation sites excluding steroid dienone is 2. The van der Waals surface area contributed by atoms with Crippen molar-refractivity contribution in [1.82, 2.24) is 14.8 Å². The number of unbranched alkanes of at least 4 members (excludes halogenated alkanes) is 2. The molecule has 1 N–H and O–H groups in total. The number of carbonyl (C=O) groups is 1. The molecule has 1 atom stereocenters. The summed E-state index contributed by atoms with van der Waals surface area (Å²) in [7, 11) is 0. The highest BCUT2D eigenvalue weighted by molar-refractivity contribution is 7.98. The Morgan fingerprint density at radius 1 is 1.14 bits per heavy atom. The first-order chi connectivity index (χ1) is 17.1. The van der Waals surface area contributed by atoms with Crippen molar-refractivity contribution in [3.63, 3.8) is 0 Å². The number of thioether (sulfide) groups is 1. The molecule has 8 heteroatoms. The van der Waals surface area contributed by atoms with Gasteiger partial charge in [0.1, 0.15) is 11.8 Å². The molecule has 2 heterocycles. The van der Waals surface area contributed by atoms with Gasteiger partial charge in [-0.15, -0.1) is 5.10 Å². The summed E-state index contributed by atoms with van der Waals surface area (Å²) in [5, 5.41) is 9.60. The number of halogens is 1. The summed E-state index contributed by atoms with van der Waals surface area (Å²) < 4.78 is 7.75. The molecule has 2 aliphatic rings. The predicted molar refractivity (Wildman–Crippen MR) is 140 cm³/mol. The summed E-state index contributed by atoms with van der Waals surface area (Å²) >= 11 is 7.86. The zero-order valence-electron chi connectivity index (χ0n) is 19.8. The predicted octanol–water partition coefficient (Wildman–Crippen LogP) is 6.81. The highest BCUT2D eigenvalue weighted by Gasteiger charge is 2.36. The topological polar surface area (TPSA) is 69.0 Å². The molecule has 1 aliphatic heterocycles. The van der Waals surface area contributed by atoms with E-state index in [1.165, 1.54) is 18.2 Å². The number of fused-ring (bicyclic) bond motifs is 1. The molecule has 2 aromatic carbocycles. The van der Waals surface area contributed by atoms with E-state index < -0.39 is 0 Å². The monoisotopic (exact) mass is 508 g/mol. The van der Waals surface area contributed by atoms with Crippen molar-refractivity contribution in [2.24, 2.45) is 0 Å². The second kappa shape index (κ2) is 10.9. The summed E-state index contributed by atoms with van der Waals surface area (Å²) in [5.74, 6) is 2.36. The van der Waals surface area contributed by atoms with Crippen LogP contribution in [0.1, 0.15) is 62.6 Å². The molecular formula is C27H29ClN4O2S. The minimum Gasteiger partial charge on any atom is -0.494 e. The molecule has 0 fully saturated rings. The smallest absolute Gasteiger partial charge is 0.227 e. The van der Waals surface area contributed by atoms with Crippen molar-refractivity contribution in [1.29, 1.82) is 0 Å². The van der Waals surface area contributed by atoms with Crippen molar-refractivity contribution in [3.8, 4) is 5.75 Å². The summed E-state index contributed by atoms with van der Waals surface area (Å²) in [6.07, 6.45) is 5.64. The van der Waals surface area contributed by atoms with Crippen LogP contribution in [0.5, 0.6) is 5.75 Å². The molecule has 6 nitrogen and oxygen atoms in total. The number of Topliss-reactive ketones (excluding diaryl/α,β-unsaturated/α-hetero) is 1. The highest BCUT2D eigenvalue weighted by atomic mass is 35.5. The number of ether oxygens (including phenoxy) is 1. The molecule has 0 radical (unpaired) electrons. The summed E-state index contributed by atoms with van der Waals surface area (Å²) in [5.41, 5.74) is 3.81. The lowest BCUT2D eigenvalue weighted by molar-refractivity contribution is -0.116. The maximum Gasteiger partial charge on any atom is 0.227 e. The number of nitrogens with one attached hydrogen (secondary N) is 1. The minimum absolute atomic E-state index is 0.176. The van der Waals surface area contributed by atoms with Crippen LogP contribution in [0.25, 0.3) is 0 Å². The molecule has 1 aliphatic carbocycles. The van der Waals surface area contributed by atoms with Crippen molar-refractivity contribution in [2.75, 3.05) is 11.9 Å². The van der Waals surface area contributed by atoms with Crippen LogP contribution in [-0.2, 0) is 10.5 Å². The zero-order valence-corrected chi connectivity index (χ0v) is 21.4. The van der Waals surface area contributed by atoms with E-state index in [4.69, 9.17) is 26.4 Å². The number of nitrogens with zero attached hydrogens (tertiary/aromatic N) is 3. The van der Waals surface area contributed by atoms with Gasteiger partial charge in [0.25, 0.3) is 0 Å². The maximum atomic E-state index is 13.0. The van der Waals surface area contributed by atoms with Crippen LogP contribution in [0.3, 0.4) is 0 Å². The van der Waals surface area contributed by atoms with Crippen molar-refractivity contribution in [2.45, 2.75) is 62.4 Å². The fourth-order valence-corrected chi connectivity index (χ4v) is 5.67. The second-order valence-electron chi connectivity index (χ2n) is 8.86. The summed E-state index contributed by atoms with van der Waals surface area (Å²) in [6, 6.07) is 15.6. The van der Waals surface area contributed by atoms with Gasteiger partial charge in [0.05, 0.1) is 6.61 Å². The van der Waals surface area contributed by atoms with Gasteiger partial charge < -0.3 is 10.1 Å². The SMILES string of the molecule is CCCCCOc1ccc(C2C3=C(CCCC3=O)Nc3nc(SCc4ccccc4Cl)nn32)cc1. The normalized spacial score (nSPS) is 17.1. The van der Waals surface area contributed by atoms with E-state index in [2.05, 4.69) is 12.2 Å². The van der Waals surface area contributed by atoms with E-state index in [-0.39, 0.29) is 11.8 Å². The van der Waals surface area contributed by atoms with Gasteiger partial charge in [-0.1, -0.05) is 73.5 Å². The molecular weight excluding hydrogens is 480 g/mol. The van der Waals surface area contributed by atoms with Crippen molar-refractivity contribution in [3.05, 3.63) is 76.0 Å². The summed E-state index contributed by atoms with van der Waals surface area (Å²) in [6.45, 7) is 2.90. The average molecular weight is 509 g/mol. The first-order valence-corrected chi connectivity index (χ1v) is 13.6. The van der Waals surface area contributed by atoms with E-state index in [1.807, 2.05) is 53.2 Å². The average Bonchev–Trinajstić information content (AvgIpc) is 3.28. The molecule has 182 valence electrons. The van der Waals surface area contributed by atoms with Gasteiger partial charge in [0, 0.05) is 28.5 Å². The Kier molecular flexibility index (Phi) is 7.44. The van der Waals surface area contributed by atoms with Gasteiger partial charge in [-0.2, -0.15) is 4.98 Å². The lowest BCUT2D eigenvalue weighted by Crippen LogP contribution is -2.31. The maximum absolute atomic E-state index is 13.0. The Morgan fingerprint density at radius 2 is 1.97 bits per heavy atom. The Bertz CT molecular complexity index is 1240. The van der Waals surface area contributed by atoms with Gasteiger partial charge in [-0.3, -0.25) is 4.79 Å². The largest absolute Gasteiger partial charge is 0.494 e. The van der Waals surface area contributed by atoms with Gasteiger partial charge >= 0.3 is 0 Å².